The summed E-state index contributed by atoms with van der Waals surface area (Å²) < 4.78 is 0. The largest absolute Gasteiger partial charge is 0.254 e. The summed E-state index contributed by atoms with van der Waals surface area (Å²) in [5.74, 6) is 0. The highest BCUT2D eigenvalue weighted by atomic mass is 14.7. The predicted octanol–water partition coefficient (Wildman–Crippen LogP) is 5.30. The van der Waals surface area contributed by atoms with Gasteiger partial charge in [0, 0.05) is 22.7 Å². The van der Waals surface area contributed by atoms with Crippen LogP contribution in [-0.2, 0) is 6.42 Å². The minimum atomic E-state index is 1.02. The smallest absolute Gasteiger partial charge is 0.0967 e. The fourth-order valence-corrected chi connectivity index (χ4v) is 2.81. The maximum atomic E-state index is 4.86. The van der Waals surface area contributed by atoms with E-state index in [0.29, 0.717) is 0 Å². The number of fused-ring (bicyclic) bond motifs is 3. The number of aryl methyl sites for hydroxylation is 1. The molecule has 0 fully saturated rings. The van der Waals surface area contributed by atoms with Crippen LogP contribution in [0.5, 0.6) is 0 Å². The maximum Gasteiger partial charge on any atom is 0.0967 e. The number of unbranched alkanes of at least 4 members (excludes halogenated alkanes) is 4. The van der Waals surface area contributed by atoms with E-state index < -0.39 is 0 Å². The van der Waals surface area contributed by atoms with E-state index in [0.717, 1.165) is 22.8 Å². The van der Waals surface area contributed by atoms with Crippen LogP contribution in [0.25, 0.3) is 21.8 Å². The Balaban J connectivity index is 1.83. The maximum absolute atomic E-state index is 4.86. The van der Waals surface area contributed by atoms with E-state index in [9.17, 15) is 0 Å². The fraction of sp³-hybridized carbons (Fsp3) is 0.368. The van der Waals surface area contributed by atoms with Gasteiger partial charge in [0.05, 0.1) is 11.0 Å². The quantitative estimate of drug-likeness (QED) is 0.452. The van der Waals surface area contributed by atoms with Gasteiger partial charge < -0.3 is 0 Å². The van der Waals surface area contributed by atoms with Gasteiger partial charge in [-0.15, -0.1) is 0 Å². The molecule has 2 heteroatoms. The first-order valence-electron chi connectivity index (χ1n) is 8.02. The van der Waals surface area contributed by atoms with Gasteiger partial charge in [0.2, 0.25) is 0 Å². The monoisotopic (exact) mass is 278 g/mol. The lowest BCUT2D eigenvalue weighted by Gasteiger charge is -2.05. The standard InChI is InChI=1S/C19H22N2/c1-2-3-4-5-6-9-17-13-12-16-11-10-15-8-7-14-20-18(15)19(16)21-17/h7-8,10-14H,2-6,9H2,1H3. The van der Waals surface area contributed by atoms with Gasteiger partial charge in [0.1, 0.15) is 0 Å². The van der Waals surface area contributed by atoms with Crippen LogP contribution in [0.2, 0.25) is 0 Å². The molecule has 3 rings (SSSR count). The number of rotatable bonds is 6. The average Bonchev–Trinajstić information content (AvgIpc) is 2.54. The summed E-state index contributed by atoms with van der Waals surface area (Å²) in [7, 11) is 0. The topological polar surface area (TPSA) is 25.8 Å². The first kappa shape index (κ1) is 14.0. The van der Waals surface area contributed by atoms with Gasteiger partial charge in [0.25, 0.3) is 0 Å². The van der Waals surface area contributed by atoms with Gasteiger partial charge in [-0.1, -0.05) is 56.9 Å². The third kappa shape index (κ3) is 3.21. The molecule has 0 saturated carbocycles. The molecule has 0 atom stereocenters. The van der Waals surface area contributed by atoms with Crippen LogP contribution in [-0.4, -0.2) is 9.97 Å². The van der Waals surface area contributed by atoms with Gasteiger partial charge in [-0.05, 0) is 25.0 Å². The summed E-state index contributed by atoms with van der Waals surface area (Å²) in [5.41, 5.74) is 3.25. The van der Waals surface area contributed by atoms with Crippen LogP contribution in [0.15, 0.2) is 42.6 Å². The van der Waals surface area contributed by atoms with Crippen LogP contribution in [0.3, 0.4) is 0 Å². The normalized spacial score (nSPS) is 11.3. The highest BCUT2D eigenvalue weighted by Gasteiger charge is 2.04. The molecule has 0 N–H and O–H groups in total. The molecule has 108 valence electrons. The fourth-order valence-electron chi connectivity index (χ4n) is 2.81. The van der Waals surface area contributed by atoms with Crippen molar-refractivity contribution in [3.63, 3.8) is 0 Å². The zero-order valence-electron chi connectivity index (χ0n) is 12.7. The lowest BCUT2D eigenvalue weighted by molar-refractivity contribution is 0.629. The minimum Gasteiger partial charge on any atom is -0.254 e. The second-order valence-electron chi connectivity index (χ2n) is 5.68. The molecule has 0 bridgehead atoms. The van der Waals surface area contributed by atoms with E-state index in [1.54, 1.807) is 0 Å². The third-order valence-corrected chi connectivity index (χ3v) is 4.03. The first-order valence-corrected chi connectivity index (χ1v) is 8.02. The molecule has 0 aliphatic heterocycles. The number of benzene rings is 1. The second-order valence-corrected chi connectivity index (χ2v) is 5.68. The Morgan fingerprint density at radius 3 is 2.43 bits per heavy atom. The number of aromatic nitrogens is 2. The molecule has 3 aromatic rings. The summed E-state index contributed by atoms with van der Waals surface area (Å²) in [6.45, 7) is 2.25. The average molecular weight is 278 g/mol. The Kier molecular flexibility index (Phi) is 4.44. The summed E-state index contributed by atoms with van der Waals surface area (Å²) in [6, 6.07) is 12.7. The van der Waals surface area contributed by atoms with Gasteiger partial charge in [-0.2, -0.15) is 0 Å². The molecule has 0 unspecified atom stereocenters. The van der Waals surface area contributed by atoms with Crippen LogP contribution in [0.4, 0.5) is 0 Å². The number of hydrogen-bond acceptors (Lipinski definition) is 2. The van der Waals surface area contributed by atoms with Crippen molar-refractivity contribution in [2.45, 2.75) is 45.4 Å². The molecular formula is C19H22N2. The van der Waals surface area contributed by atoms with Crippen molar-refractivity contribution in [3.05, 3.63) is 48.3 Å². The Hall–Kier alpha value is -1.96. The Labute approximate surface area is 126 Å². The Bertz CT molecular complexity index is 734. The number of hydrogen-bond donors (Lipinski definition) is 0. The summed E-state index contributed by atoms with van der Waals surface area (Å²) in [5, 5.41) is 2.34. The molecule has 2 nitrogen and oxygen atoms in total. The molecule has 0 amide bonds. The Morgan fingerprint density at radius 1 is 0.810 bits per heavy atom. The van der Waals surface area contributed by atoms with Gasteiger partial charge in [-0.25, -0.2) is 0 Å². The molecule has 0 aliphatic rings. The van der Waals surface area contributed by atoms with E-state index in [1.807, 2.05) is 12.3 Å². The van der Waals surface area contributed by atoms with E-state index in [4.69, 9.17) is 4.98 Å². The molecule has 0 saturated heterocycles. The molecule has 0 aliphatic carbocycles. The van der Waals surface area contributed by atoms with Crippen LogP contribution >= 0.6 is 0 Å². The van der Waals surface area contributed by atoms with Crippen molar-refractivity contribution in [2.24, 2.45) is 0 Å². The first-order chi connectivity index (χ1) is 10.4. The van der Waals surface area contributed by atoms with E-state index in [1.165, 1.54) is 43.2 Å². The molecule has 0 spiro atoms. The predicted molar refractivity (Wildman–Crippen MR) is 89.5 cm³/mol. The van der Waals surface area contributed by atoms with Gasteiger partial charge >= 0.3 is 0 Å². The van der Waals surface area contributed by atoms with Crippen LogP contribution in [0.1, 0.15) is 44.7 Å². The molecular weight excluding hydrogens is 256 g/mol. The lowest BCUT2D eigenvalue weighted by atomic mass is 10.1. The SMILES string of the molecule is CCCCCCCc1ccc2ccc3cccnc3c2n1. The zero-order chi connectivity index (χ0) is 14.5. The molecule has 0 radical (unpaired) electrons. The highest BCUT2D eigenvalue weighted by Crippen LogP contribution is 2.22. The number of pyridine rings is 2. The van der Waals surface area contributed by atoms with Gasteiger partial charge in [0.15, 0.2) is 0 Å². The number of nitrogens with zero attached hydrogens (tertiary/aromatic N) is 2. The Morgan fingerprint density at radius 2 is 1.57 bits per heavy atom. The van der Waals surface area contributed by atoms with E-state index in [-0.39, 0.29) is 0 Å². The highest BCUT2D eigenvalue weighted by molar-refractivity contribution is 6.02. The third-order valence-electron chi connectivity index (χ3n) is 4.03. The molecule has 2 heterocycles. The lowest BCUT2D eigenvalue weighted by Crippen LogP contribution is -1.93. The van der Waals surface area contributed by atoms with Crippen molar-refractivity contribution >= 4 is 21.8 Å². The molecule has 1 aromatic carbocycles. The van der Waals surface area contributed by atoms with Gasteiger partial charge in [-0.3, -0.25) is 9.97 Å². The van der Waals surface area contributed by atoms with Crippen molar-refractivity contribution in [1.29, 1.82) is 0 Å². The zero-order valence-corrected chi connectivity index (χ0v) is 12.7. The van der Waals surface area contributed by atoms with Crippen molar-refractivity contribution in [3.8, 4) is 0 Å². The van der Waals surface area contributed by atoms with Crippen molar-refractivity contribution in [1.82, 2.24) is 9.97 Å². The van der Waals surface area contributed by atoms with Crippen LogP contribution in [0, 0.1) is 0 Å². The van der Waals surface area contributed by atoms with Crippen molar-refractivity contribution < 1.29 is 0 Å². The molecule has 2 aromatic heterocycles. The van der Waals surface area contributed by atoms with Crippen LogP contribution < -0.4 is 0 Å². The summed E-state index contributed by atoms with van der Waals surface area (Å²) in [4.78, 5) is 9.37. The molecule has 21 heavy (non-hydrogen) atoms. The summed E-state index contributed by atoms with van der Waals surface area (Å²) in [6.07, 6.45) is 9.45. The minimum absolute atomic E-state index is 1.02. The van der Waals surface area contributed by atoms with E-state index in [2.05, 4.69) is 42.2 Å². The summed E-state index contributed by atoms with van der Waals surface area (Å²) >= 11 is 0. The van der Waals surface area contributed by atoms with Crippen molar-refractivity contribution in [2.75, 3.05) is 0 Å². The van der Waals surface area contributed by atoms with E-state index >= 15 is 0 Å². The second kappa shape index (κ2) is 6.66.